The van der Waals surface area contributed by atoms with Gasteiger partial charge in [-0.3, -0.25) is 0 Å². The molecule has 0 bridgehead atoms. The molecule has 0 amide bonds. The molecule has 90 valence electrons. The molecular weight excluding hydrogens is 292 g/mol. The Labute approximate surface area is 109 Å². The lowest BCUT2D eigenvalue weighted by atomic mass is 9.79. The fourth-order valence-electron chi connectivity index (χ4n) is 1.42. The van der Waals surface area contributed by atoms with Crippen LogP contribution in [0.3, 0.4) is 0 Å². The molecule has 0 saturated carbocycles. The van der Waals surface area contributed by atoms with E-state index in [-0.39, 0.29) is 17.3 Å². The van der Waals surface area contributed by atoms with Crippen LogP contribution in [0.5, 0.6) is 0 Å². The van der Waals surface area contributed by atoms with Crippen molar-refractivity contribution in [1.29, 1.82) is 0 Å². The number of benzene rings is 1. The predicted octanol–water partition coefficient (Wildman–Crippen LogP) is 4.68. The van der Waals surface area contributed by atoms with Crippen LogP contribution in [0.1, 0.15) is 38.8 Å². The molecule has 2 N–H and O–H groups in total. The highest BCUT2D eigenvalue weighted by Gasteiger charge is 2.28. The van der Waals surface area contributed by atoms with Crippen molar-refractivity contribution in [3.63, 3.8) is 0 Å². The fourth-order valence-corrected chi connectivity index (χ4v) is 1.90. The van der Waals surface area contributed by atoms with Gasteiger partial charge in [-0.2, -0.15) is 0 Å². The molecule has 1 aromatic carbocycles. The van der Waals surface area contributed by atoms with Crippen LogP contribution in [0.15, 0.2) is 16.6 Å². The van der Waals surface area contributed by atoms with Gasteiger partial charge in [-0.05, 0) is 39.9 Å². The van der Waals surface area contributed by atoms with Crippen LogP contribution in [0.4, 0.5) is 4.39 Å². The Hall–Kier alpha value is -0.120. The van der Waals surface area contributed by atoms with Gasteiger partial charge >= 0.3 is 0 Å². The summed E-state index contributed by atoms with van der Waals surface area (Å²) in [6.07, 6.45) is 0.876. The second-order valence-corrected chi connectivity index (χ2v) is 5.87. The predicted molar refractivity (Wildman–Crippen MR) is 70.1 cm³/mol. The van der Waals surface area contributed by atoms with Crippen LogP contribution in [-0.4, -0.2) is 0 Å². The molecule has 0 spiro atoms. The first-order valence-electron chi connectivity index (χ1n) is 5.19. The van der Waals surface area contributed by atoms with Crippen molar-refractivity contribution in [3.05, 3.63) is 33.0 Å². The molecule has 16 heavy (non-hydrogen) atoms. The summed E-state index contributed by atoms with van der Waals surface area (Å²) in [7, 11) is 0. The van der Waals surface area contributed by atoms with Gasteiger partial charge in [0.15, 0.2) is 0 Å². The van der Waals surface area contributed by atoms with Gasteiger partial charge in [0.05, 0.1) is 5.02 Å². The van der Waals surface area contributed by atoms with E-state index in [1.54, 1.807) is 6.07 Å². The lowest BCUT2D eigenvalue weighted by Gasteiger charge is -2.31. The van der Waals surface area contributed by atoms with Crippen LogP contribution in [0.25, 0.3) is 0 Å². The number of hydrogen-bond acceptors (Lipinski definition) is 1. The minimum atomic E-state index is -0.358. The van der Waals surface area contributed by atoms with Crippen LogP contribution in [0, 0.1) is 11.2 Å². The SMILES string of the molecule is CCC(C)(C)C(N)c1cc(Cl)c(Br)cc1F. The lowest BCUT2D eigenvalue weighted by molar-refractivity contribution is 0.273. The molecule has 0 aliphatic heterocycles. The van der Waals surface area contributed by atoms with Crippen molar-refractivity contribution in [1.82, 2.24) is 0 Å². The average molecular weight is 309 g/mol. The first kappa shape index (κ1) is 13.9. The van der Waals surface area contributed by atoms with Crippen LogP contribution in [0.2, 0.25) is 5.02 Å². The summed E-state index contributed by atoms with van der Waals surface area (Å²) in [4.78, 5) is 0. The summed E-state index contributed by atoms with van der Waals surface area (Å²) >= 11 is 9.14. The molecule has 4 heteroatoms. The van der Waals surface area contributed by atoms with E-state index in [0.717, 1.165) is 6.42 Å². The third-order valence-corrected chi connectivity index (χ3v) is 4.32. The summed E-state index contributed by atoms with van der Waals surface area (Å²) in [5.41, 5.74) is 6.41. The summed E-state index contributed by atoms with van der Waals surface area (Å²) < 4.78 is 14.3. The molecule has 1 nitrogen and oxygen atoms in total. The van der Waals surface area contributed by atoms with E-state index in [4.69, 9.17) is 17.3 Å². The Balaban J connectivity index is 3.19. The molecule has 1 aromatic rings. The molecule has 0 fully saturated rings. The standard InChI is InChI=1S/C12H16BrClFN/c1-4-12(2,3)11(16)7-5-9(14)8(13)6-10(7)15/h5-6,11H,4,16H2,1-3H3. The Morgan fingerprint density at radius 1 is 1.50 bits per heavy atom. The van der Waals surface area contributed by atoms with Gasteiger partial charge in [0, 0.05) is 16.1 Å². The second kappa shape index (κ2) is 5.03. The Bertz CT molecular complexity index is 393. The Morgan fingerprint density at radius 2 is 2.06 bits per heavy atom. The minimum Gasteiger partial charge on any atom is -0.323 e. The number of rotatable bonds is 3. The number of halogens is 3. The zero-order chi connectivity index (χ0) is 12.5. The normalized spacial score (nSPS) is 13.9. The van der Waals surface area contributed by atoms with Gasteiger partial charge < -0.3 is 5.73 Å². The zero-order valence-corrected chi connectivity index (χ0v) is 12.0. The monoisotopic (exact) mass is 307 g/mol. The van der Waals surface area contributed by atoms with Crippen molar-refractivity contribution >= 4 is 27.5 Å². The topological polar surface area (TPSA) is 26.0 Å². The molecule has 0 aliphatic rings. The van der Waals surface area contributed by atoms with Gasteiger partial charge in [0.2, 0.25) is 0 Å². The number of nitrogens with two attached hydrogens (primary N) is 1. The first-order valence-corrected chi connectivity index (χ1v) is 6.36. The molecule has 0 aliphatic carbocycles. The van der Waals surface area contributed by atoms with Crippen LogP contribution in [-0.2, 0) is 0 Å². The van der Waals surface area contributed by atoms with Crippen molar-refractivity contribution in [2.45, 2.75) is 33.2 Å². The summed E-state index contributed by atoms with van der Waals surface area (Å²) in [5, 5.41) is 0.485. The minimum absolute atomic E-state index is 0.155. The summed E-state index contributed by atoms with van der Waals surface area (Å²) in [6, 6.07) is 2.61. The Kier molecular flexibility index (Phi) is 4.38. The maximum atomic E-state index is 13.8. The molecule has 0 radical (unpaired) electrons. The Morgan fingerprint density at radius 3 is 2.56 bits per heavy atom. The zero-order valence-electron chi connectivity index (χ0n) is 9.65. The van der Waals surface area contributed by atoms with Gasteiger partial charge in [-0.1, -0.05) is 32.4 Å². The smallest absolute Gasteiger partial charge is 0.129 e. The van der Waals surface area contributed by atoms with Crippen molar-refractivity contribution in [3.8, 4) is 0 Å². The largest absolute Gasteiger partial charge is 0.323 e. The highest BCUT2D eigenvalue weighted by atomic mass is 79.9. The van der Waals surface area contributed by atoms with E-state index >= 15 is 0 Å². The highest BCUT2D eigenvalue weighted by molar-refractivity contribution is 9.10. The van der Waals surface area contributed by atoms with E-state index in [1.807, 2.05) is 20.8 Å². The maximum absolute atomic E-state index is 13.8. The molecule has 0 saturated heterocycles. The van der Waals surface area contributed by atoms with Crippen molar-refractivity contribution in [2.75, 3.05) is 0 Å². The van der Waals surface area contributed by atoms with Crippen molar-refractivity contribution in [2.24, 2.45) is 11.1 Å². The summed E-state index contributed by atoms with van der Waals surface area (Å²) in [5.74, 6) is -0.315. The quantitative estimate of drug-likeness (QED) is 0.806. The summed E-state index contributed by atoms with van der Waals surface area (Å²) in [6.45, 7) is 6.08. The second-order valence-electron chi connectivity index (χ2n) is 4.61. The third kappa shape index (κ3) is 2.76. The van der Waals surface area contributed by atoms with Crippen molar-refractivity contribution < 1.29 is 4.39 Å². The van der Waals surface area contributed by atoms with Gasteiger partial charge in [0.25, 0.3) is 0 Å². The van der Waals surface area contributed by atoms with Crippen LogP contribution >= 0.6 is 27.5 Å². The molecule has 0 aromatic heterocycles. The van der Waals surface area contributed by atoms with E-state index in [1.165, 1.54) is 6.07 Å². The van der Waals surface area contributed by atoms with E-state index in [0.29, 0.717) is 15.1 Å². The molecule has 1 atom stereocenters. The van der Waals surface area contributed by atoms with E-state index in [9.17, 15) is 4.39 Å². The third-order valence-electron chi connectivity index (χ3n) is 3.13. The van der Waals surface area contributed by atoms with Gasteiger partial charge in [0.1, 0.15) is 5.82 Å². The average Bonchev–Trinajstić information content (AvgIpc) is 2.22. The highest BCUT2D eigenvalue weighted by Crippen LogP contribution is 2.37. The molecule has 1 rings (SSSR count). The van der Waals surface area contributed by atoms with Crippen LogP contribution < -0.4 is 5.73 Å². The fraction of sp³-hybridized carbons (Fsp3) is 0.500. The van der Waals surface area contributed by atoms with Gasteiger partial charge in [-0.25, -0.2) is 4.39 Å². The molecule has 0 heterocycles. The first-order chi connectivity index (χ1) is 7.29. The molecule has 1 unspecified atom stereocenters. The lowest BCUT2D eigenvalue weighted by Crippen LogP contribution is -2.29. The van der Waals surface area contributed by atoms with E-state index < -0.39 is 0 Å². The van der Waals surface area contributed by atoms with E-state index in [2.05, 4.69) is 15.9 Å². The number of hydrogen-bond donors (Lipinski definition) is 1. The molecular formula is C12H16BrClFN. The maximum Gasteiger partial charge on any atom is 0.129 e. The van der Waals surface area contributed by atoms with Gasteiger partial charge in [-0.15, -0.1) is 0 Å².